The van der Waals surface area contributed by atoms with Crippen LogP contribution in [-0.4, -0.2) is 39.5 Å². The standard InChI is InChI=1S/C23H24N6O2S/c1-16-27-21-15-26-23-20(10-13-28(23)32(30,31)19-6-3-2-4-7-19)22(21)29(16)18-9-8-17(14-18)25-12-5-11-24/h2-4,6-7,10,13,15,17-18,25H,5,8-9,12,14H2,1H3/t17-,18-/m0/s1. The number of benzene rings is 1. The lowest BCUT2D eigenvalue weighted by molar-refractivity contribution is 0.479. The molecule has 0 aliphatic heterocycles. The Labute approximate surface area is 186 Å². The summed E-state index contributed by atoms with van der Waals surface area (Å²) in [6.45, 7) is 2.69. The number of nitrogens with one attached hydrogen (secondary N) is 1. The maximum Gasteiger partial charge on any atom is 0.269 e. The van der Waals surface area contributed by atoms with Crippen LogP contribution in [0.3, 0.4) is 0 Å². The number of hydrogen-bond acceptors (Lipinski definition) is 6. The lowest BCUT2D eigenvalue weighted by Crippen LogP contribution is -2.27. The number of nitrogens with zero attached hydrogens (tertiary/aromatic N) is 5. The van der Waals surface area contributed by atoms with E-state index in [9.17, 15) is 8.42 Å². The molecule has 1 fully saturated rings. The summed E-state index contributed by atoms with van der Waals surface area (Å²) in [5.41, 5.74) is 2.10. The molecule has 3 heterocycles. The molecular weight excluding hydrogens is 424 g/mol. The van der Waals surface area contributed by atoms with Crippen LogP contribution in [0.15, 0.2) is 53.7 Å². The van der Waals surface area contributed by atoms with E-state index in [-0.39, 0.29) is 10.9 Å². The molecule has 1 aliphatic rings. The third-order valence-electron chi connectivity index (χ3n) is 6.24. The van der Waals surface area contributed by atoms with Crippen molar-refractivity contribution in [3.05, 3.63) is 54.6 Å². The zero-order valence-electron chi connectivity index (χ0n) is 17.8. The molecule has 1 aromatic carbocycles. The summed E-state index contributed by atoms with van der Waals surface area (Å²) in [7, 11) is -3.75. The SMILES string of the molecule is Cc1nc2cnc3c(ccn3S(=O)(=O)c3ccccc3)c2n1[C@H]1CC[C@H](NCCC#N)C1. The molecule has 0 bridgehead atoms. The summed E-state index contributed by atoms with van der Waals surface area (Å²) in [5.74, 6) is 0.899. The van der Waals surface area contributed by atoms with E-state index in [2.05, 4.69) is 20.9 Å². The molecule has 1 saturated carbocycles. The Kier molecular flexibility index (Phi) is 5.19. The molecular formula is C23H24N6O2S. The van der Waals surface area contributed by atoms with Gasteiger partial charge in [-0.25, -0.2) is 22.4 Å². The van der Waals surface area contributed by atoms with Gasteiger partial charge >= 0.3 is 0 Å². The molecule has 0 radical (unpaired) electrons. The first kappa shape index (κ1) is 20.7. The van der Waals surface area contributed by atoms with E-state index in [1.54, 1.807) is 42.7 Å². The second-order valence-electron chi connectivity index (χ2n) is 8.21. The third-order valence-corrected chi connectivity index (χ3v) is 7.93. The van der Waals surface area contributed by atoms with Crippen molar-refractivity contribution in [2.45, 2.75) is 49.6 Å². The molecule has 0 spiro atoms. The van der Waals surface area contributed by atoms with Gasteiger partial charge in [-0.15, -0.1) is 0 Å². The predicted octanol–water partition coefficient (Wildman–Crippen LogP) is 3.53. The van der Waals surface area contributed by atoms with Crippen LogP contribution in [0.5, 0.6) is 0 Å². The summed E-state index contributed by atoms with van der Waals surface area (Å²) in [6.07, 6.45) is 6.73. The first-order valence-corrected chi connectivity index (χ1v) is 12.2. The summed E-state index contributed by atoms with van der Waals surface area (Å²) >= 11 is 0. The predicted molar refractivity (Wildman–Crippen MR) is 122 cm³/mol. The van der Waals surface area contributed by atoms with Crippen molar-refractivity contribution in [1.82, 2.24) is 23.8 Å². The summed E-state index contributed by atoms with van der Waals surface area (Å²) in [4.78, 5) is 9.42. The molecule has 0 saturated heterocycles. The maximum absolute atomic E-state index is 13.2. The Hall–Kier alpha value is -3.22. The van der Waals surface area contributed by atoms with Gasteiger partial charge in [0.15, 0.2) is 5.65 Å². The number of rotatable bonds is 6. The maximum atomic E-state index is 13.2. The van der Waals surface area contributed by atoms with Crippen molar-refractivity contribution in [3.8, 4) is 6.07 Å². The van der Waals surface area contributed by atoms with Crippen LogP contribution < -0.4 is 5.32 Å². The highest BCUT2D eigenvalue weighted by atomic mass is 32.2. The van der Waals surface area contributed by atoms with E-state index in [1.165, 1.54) is 3.97 Å². The van der Waals surface area contributed by atoms with E-state index >= 15 is 0 Å². The van der Waals surface area contributed by atoms with Gasteiger partial charge in [-0.2, -0.15) is 5.26 Å². The topological polar surface area (TPSA) is 106 Å². The van der Waals surface area contributed by atoms with Gasteiger partial charge in [-0.3, -0.25) is 0 Å². The highest BCUT2D eigenvalue weighted by Crippen LogP contribution is 2.36. The third kappa shape index (κ3) is 3.36. The number of imidazole rings is 1. The van der Waals surface area contributed by atoms with Crippen LogP contribution in [0.1, 0.15) is 37.5 Å². The smallest absolute Gasteiger partial charge is 0.269 e. The number of hydrogen-bond donors (Lipinski definition) is 1. The Morgan fingerprint density at radius 3 is 2.81 bits per heavy atom. The number of aromatic nitrogens is 4. The van der Waals surface area contributed by atoms with Crippen LogP contribution in [-0.2, 0) is 10.0 Å². The van der Waals surface area contributed by atoms with Crippen LogP contribution in [0.2, 0.25) is 0 Å². The Bertz CT molecular complexity index is 1430. The molecule has 9 heteroatoms. The minimum atomic E-state index is -3.75. The van der Waals surface area contributed by atoms with Crippen LogP contribution in [0.25, 0.3) is 22.1 Å². The highest BCUT2D eigenvalue weighted by molar-refractivity contribution is 7.90. The molecule has 32 heavy (non-hydrogen) atoms. The summed E-state index contributed by atoms with van der Waals surface area (Å²) in [6, 6.07) is 13.0. The summed E-state index contributed by atoms with van der Waals surface area (Å²) in [5, 5.41) is 13.0. The van der Waals surface area contributed by atoms with Crippen molar-refractivity contribution in [2.24, 2.45) is 0 Å². The Morgan fingerprint density at radius 2 is 2.03 bits per heavy atom. The second-order valence-corrected chi connectivity index (χ2v) is 10.0. The first-order valence-electron chi connectivity index (χ1n) is 10.8. The van der Waals surface area contributed by atoms with E-state index in [0.717, 1.165) is 41.5 Å². The lowest BCUT2D eigenvalue weighted by atomic mass is 10.2. The largest absolute Gasteiger partial charge is 0.324 e. The molecule has 4 aromatic rings. The fourth-order valence-corrected chi connectivity index (χ4v) is 6.14. The van der Waals surface area contributed by atoms with E-state index in [1.807, 2.05) is 13.0 Å². The zero-order chi connectivity index (χ0) is 22.3. The lowest BCUT2D eigenvalue weighted by Gasteiger charge is -2.17. The van der Waals surface area contributed by atoms with Crippen LogP contribution in [0.4, 0.5) is 0 Å². The fourth-order valence-electron chi connectivity index (χ4n) is 4.82. The zero-order valence-corrected chi connectivity index (χ0v) is 18.6. The van der Waals surface area contributed by atoms with Gasteiger partial charge in [0.2, 0.25) is 0 Å². The van der Waals surface area contributed by atoms with Crippen molar-refractivity contribution >= 4 is 32.1 Å². The van der Waals surface area contributed by atoms with Gasteiger partial charge in [-0.05, 0) is 44.4 Å². The van der Waals surface area contributed by atoms with E-state index in [0.29, 0.717) is 24.7 Å². The van der Waals surface area contributed by atoms with Gasteiger partial charge in [-0.1, -0.05) is 18.2 Å². The molecule has 164 valence electrons. The highest BCUT2D eigenvalue weighted by Gasteiger charge is 2.29. The minimum absolute atomic E-state index is 0.228. The average Bonchev–Trinajstić information content (AvgIpc) is 3.50. The van der Waals surface area contributed by atoms with Crippen molar-refractivity contribution < 1.29 is 8.42 Å². The Balaban J connectivity index is 1.58. The van der Waals surface area contributed by atoms with Gasteiger partial charge in [0.05, 0.1) is 22.7 Å². The number of aryl methyl sites for hydroxylation is 1. The van der Waals surface area contributed by atoms with Gasteiger partial charge < -0.3 is 9.88 Å². The fraction of sp³-hybridized carbons (Fsp3) is 0.348. The minimum Gasteiger partial charge on any atom is -0.324 e. The van der Waals surface area contributed by atoms with Crippen molar-refractivity contribution in [2.75, 3.05) is 6.54 Å². The van der Waals surface area contributed by atoms with Gasteiger partial charge in [0.25, 0.3) is 10.0 Å². The quantitative estimate of drug-likeness (QED) is 0.452. The first-order chi connectivity index (χ1) is 15.5. The molecule has 3 aromatic heterocycles. The second kappa shape index (κ2) is 8.04. The number of nitriles is 1. The van der Waals surface area contributed by atoms with E-state index in [4.69, 9.17) is 10.2 Å². The molecule has 2 atom stereocenters. The molecule has 1 aliphatic carbocycles. The monoisotopic (exact) mass is 448 g/mol. The van der Waals surface area contributed by atoms with Gasteiger partial charge in [0.1, 0.15) is 11.3 Å². The molecule has 0 amide bonds. The van der Waals surface area contributed by atoms with Crippen LogP contribution >= 0.6 is 0 Å². The van der Waals surface area contributed by atoms with E-state index < -0.39 is 10.0 Å². The number of pyridine rings is 1. The molecule has 0 unspecified atom stereocenters. The van der Waals surface area contributed by atoms with Crippen molar-refractivity contribution in [3.63, 3.8) is 0 Å². The average molecular weight is 449 g/mol. The molecule has 8 nitrogen and oxygen atoms in total. The molecule has 5 rings (SSSR count). The number of fused-ring (bicyclic) bond motifs is 3. The Morgan fingerprint density at radius 1 is 1.22 bits per heavy atom. The summed E-state index contributed by atoms with van der Waals surface area (Å²) < 4.78 is 30.0. The van der Waals surface area contributed by atoms with Gasteiger partial charge in [0, 0.05) is 36.6 Å². The van der Waals surface area contributed by atoms with Crippen molar-refractivity contribution in [1.29, 1.82) is 5.26 Å². The molecule has 1 N–H and O–H groups in total. The normalized spacial score (nSPS) is 19.0. The van der Waals surface area contributed by atoms with Crippen LogP contribution in [0, 0.1) is 18.3 Å².